The molecule has 1 amide bonds. The number of fused-ring (bicyclic) bond motifs is 2. The Morgan fingerprint density at radius 3 is 2.84 bits per heavy atom. The first kappa shape index (κ1) is 26.4. The zero-order valence-electron chi connectivity index (χ0n) is 22.8. The third-order valence-corrected chi connectivity index (χ3v) is 8.37. The smallest absolute Gasteiger partial charge is 0.227 e. The number of piperidine rings is 1. The van der Waals surface area contributed by atoms with Gasteiger partial charge in [0.1, 0.15) is 5.75 Å². The third kappa shape index (κ3) is 6.09. The van der Waals surface area contributed by atoms with E-state index in [1.54, 1.807) is 0 Å². The Bertz CT molecular complexity index is 1120. The number of nitrogens with zero attached hydrogens (tertiary/aromatic N) is 3. The van der Waals surface area contributed by atoms with E-state index < -0.39 is 0 Å². The Hall–Kier alpha value is -2.24. The number of ether oxygens (including phenoxy) is 1. The predicted molar refractivity (Wildman–Crippen MR) is 152 cm³/mol. The molecule has 3 aliphatic rings. The second kappa shape index (κ2) is 11.7. The van der Waals surface area contributed by atoms with Crippen molar-refractivity contribution in [3.05, 3.63) is 57.6 Å². The number of carbonyl (C=O) groups is 1. The van der Waals surface area contributed by atoms with Crippen molar-refractivity contribution in [2.24, 2.45) is 11.8 Å². The van der Waals surface area contributed by atoms with Crippen molar-refractivity contribution in [2.45, 2.75) is 65.5 Å². The van der Waals surface area contributed by atoms with Crippen LogP contribution < -0.4 is 9.64 Å². The molecule has 0 N–H and O–H groups in total. The first-order valence-corrected chi connectivity index (χ1v) is 14.5. The number of rotatable bonds is 7. The molecule has 1 atom stereocenters. The Kier molecular flexibility index (Phi) is 8.31. The molecule has 0 saturated carbocycles. The molecule has 1 fully saturated rings. The van der Waals surface area contributed by atoms with Gasteiger partial charge in [-0.25, -0.2) is 0 Å². The maximum Gasteiger partial charge on any atom is 0.227 e. The highest BCUT2D eigenvalue weighted by molar-refractivity contribution is 6.32. The highest BCUT2D eigenvalue weighted by Gasteiger charge is 2.31. The van der Waals surface area contributed by atoms with Gasteiger partial charge < -0.3 is 14.5 Å². The standard InChI is InChI=1S/C31H42ClN3O2/c1-22(2)18-35(19-23-16-25-8-4-5-15-37-30(25)28(32)17-23)31(36)27-11-7-13-34(21-27)20-26-10-6-9-24-12-14-33(3)29(24)26/h6,9-10,16-17,22,27H,4-5,7-8,11-15,18-21H2,1-3H3/t27-/m1/s1. The molecule has 0 aliphatic carbocycles. The van der Waals surface area contributed by atoms with E-state index in [-0.39, 0.29) is 11.8 Å². The first-order valence-electron chi connectivity index (χ1n) is 14.2. The number of likely N-dealkylation sites (N-methyl/N-ethyl adjacent to an activating group) is 1. The van der Waals surface area contributed by atoms with E-state index in [2.05, 4.69) is 59.9 Å². The summed E-state index contributed by atoms with van der Waals surface area (Å²) in [5, 5.41) is 0.676. The van der Waals surface area contributed by atoms with Crippen molar-refractivity contribution in [1.29, 1.82) is 0 Å². The lowest BCUT2D eigenvalue weighted by molar-refractivity contribution is -0.138. The van der Waals surface area contributed by atoms with Crippen LogP contribution in [-0.2, 0) is 30.7 Å². The van der Waals surface area contributed by atoms with E-state index in [0.29, 0.717) is 17.5 Å². The van der Waals surface area contributed by atoms with Crippen LogP contribution in [0.1, 0.15) is 61.8 Å². The van der Waals surface area contributed by atoms with Crippen molar-refractivity contribution in [3.63, 3.8) is 0 Å². The van der Waals surface area contributed by atoms with Crippen molar-refractivity contribution < 1.29 is 9.53 Å². The molecule has 1 saturated heterocycles. The largest absolute Gasteiger partial charge is 0.492 e. The molecule has 0 radical (unpaired) electrons. The molecule has 0 spiro atoms. The molecule has 6 heteroatoms. The van der Waals surface area contributed by atoms with Gasteiger partial charge in [0.25, 0.3) is 0 Å². The number of aryl methyl sites for hydroxylation is 1. The minimum atomic E-state index is 0.0432. The average Bonchev–Trinajstić information content (AvgIpc) is 3.09. The van der Waals surface area contributed by atoms with Crippen LogP contribution in [0.15, 0.2) is 30.3 Å². The second-order valence-corrected chi connectivity index (χ2v) is 12.1. The zero-order chi connectivity index (χ0) is 25.9. The van der Waals surface area contributed by atoms with Crippen molar-refractivity contribution in [1.82, 2.24) is 9.80 Å². The van der Waals surface area contributed by atoms with Gasteiger partial charge in [-0.15, -0.1) is 0 Å². The maximum atomic E-state index is 13.9. The van der Waals surface area contributed by atoms with Crippen LogP contribution in [-0.4, -0.2) is 55.5 Å². The summed E-state index contributed by atoms with van der Waals surface area (Å²) in [7, 11) is 2.20. The predicted octanol–water partition coefficient (Wildman–Crippen LogP) is 5.94. The van der Waals surface area contributed by atoms with E-state index in [0.717, 1.165) is 89.2 Å². The zero-order valence-corrected chi connectivity index (χ0v) is 23.5. The van der Waals surface area contributed by atoms with Gasteiger partial charge >= 0.3 is 0 Å². The van der Waals surface area contributed by atoms with Crippen LogP contribution in [0.3, 0.4) is 0 Å². The molecule has 2 aromatic carbocycles. The lowest BCUT2D eigenvalue weighted by Gasteiger charge is -2.36. The Balaban J connectivity index is 1.30. The Morgan fingerprint density at radius 1 is 1.14 bits per heavy atom. The maximum absolute atomic E-state index is 13.9. The van der Waals surface area contributed by atoms with Gasteiger partial charge in [0, 0.05) is 45.5 Å². The van der Waals surface area contributed by atoms with Crippen LogP contribution in [0.2, 0.25) is 5.02 Å². The van der Waals surface area contributed by atoms with Gasteiger partial charge in [-0.2, -0.15) is 0 Å². The SMILES string of the molecule is CC(C)CN(Cc1cc(Cl)c2c(c1)CCCCO2)C(=O)[C@@H]1CCCN(Cc2cccc3c2N(C)CC3)C1. The molecular formula is C31H42ClN3O2. The van der Waals surface area contributed by atoms with Crippen molar-refractivity contribution in [2.75, 3.05) is 44.7 Å². The van der Waals surface area contributed by atoms with E-state index in [1.807, 2.05) is 6.07 Å². The number of hydrogen-bond acceptors (Lipinski definition) is 4. The summed E-state index contributed by atoms with van der Waals surface area (Å²) in [6, 6.07) is 10.9. The van der Waals surface area contributed by atoms with Gasteiger partial charge in [0.05, 0.1) is 17.5 Å². The van der Waals surface area contributed by atoms with Crippen LogP contribution in [0.25, 0.3) is 0 Å². The third-order valence-electron chi connectivity index (χ3n) is 8.09. The summed E-state index contributed by atoms with van der Waals surface area (Å²) >= 11 is 6.65. The molecule has 0 bridgehead atoms. The number of benzene rings is 2. The highest BCUT2D eigenvalue weighted by atomic mass is 35.5. The minimum Gasteiger partial charge on any atom is -0.492 e. The summed E-state index contributed by atoms with van der Waals surface area (Å²) in [5.74, 6) is 1.58. The molecule has 3 heterocycles. The van der Waals surface area contributed by atoms with Gasteiger partial charge in [-0.3, -0.25) is 9.69 Å². The van der Waals surface area contributed by atoms with Gasteiger partial charge in [-0.1, -0.05) is 49.7 Å². The van der Waals surface area contributed by atoms with Crippen molar-refractivity contribution >= 4 is 23.2 Å². The quantitative estimate of drug-likeness (QED) is 0.449. The van der Waals surface area contributed by atoms with Crippen LogP contribution >= 0.6 is 11.6 Å². The summed E-state index contributed by atoms with van der Waals surface area (Å²) in [4.78, 5) is 20.9. The van der Waals surface area contributed by atoms with E-state index in [9.17, 15) is 4.79 Å². The normalized spacial score (nSPS) is 19.8. The molecule has 37 heavy (non-hydrogen) atoms. The summed E-state index contributed by atoms with van der Waals surface area (Å²) in [6.07, 6.45) is 6.31. The molecule has 3 aliphatic heterocycles. The van der Waals surface area contributed by atoms with E-state index in [4.69, 9.17) is 16.3 Å². The van der Waals surface area contributed by atoms with Crippen LogP contribution in [0.4, 0.5) is 5.69 Å². The number of hydrogen-bond donors (Lipinski definition) is 0. The molecular weight excluding hydrogens is 482 g/mol. The van der Waals surface area contributed by atoms with E-state index in [1.165, 1.54) is 22.4 Å². The lowest BCUT2D eigenvalue weighted by atomic mass is 9.94. The molecule has 2 aromatic rings. The minimum absolute atomic E-state index is 0.0432. The number of likely N-dealkylation sites (tertiary alicyclic amines) is 1. The van der Waals surface area contributed by atoms with Gasteiger partial charge in [0.2, 0.25) is 5.91 Å². The molecule has 0 unspecified atom stereocenters. The summed E-state index contributed by atoms with van der Waals surface area (Å²) in [5.41, 5.74) is 6.55. The van der Waals surface area contributed by atoms with Crippen LogP contribution in [0, 0.1) is 11.8 Å². The molecule has 5 rings (SSSR count). The fourth-order valence-electron chi connectivity index (χ4n) is 6.40. The Labute approximate surface area is 227 Å². The number of anilines is 1. The highest BCUT2D eigenvalue weighted by Crippen LogP contribution is 2.35. The fraction of sp³-hybridized carbons (Fsp3) is 0.581. The monoisotopic (exact) mass is 523 g/mol. The number of halogens is 1. The van der Waals surface area contributed by atoms with Crippen molar-refractivity contribution in [3.8, 4) is 5.75 Å². The Morgan fingerprint density at radius 2 is 2.00 bits per heavy atom. The lowest BCUT2D eigenvalue weighted by Crippen LogP contribution is -2.45. The molecule has 5 nitrogen and oxygen atoms in total. The number of carbonyl (C=O) groups excluding carboxylic acids is 1. The van der Waals surface area contributed by atoms with Gasteiger partial charge in [-0.05, 0) is 79.3 Å². The average molecular weight is 524 g/mol. The fourth-order valence-corrected chi connectivity index (χ4v) is 6.72. The van der Waals surface area contributed by atoms with E-state index >= 15 is 0 Å². The number of amides is 1. The molecule has 200 valence electrons. The first-order chi connectivity index (χ1) is 17.9. The number of para-hydroxylation sites is 1. The topological polar surface area (TPSA) is 36.0 Å². The second-order valence-electron chi connectivity index (χ2n) is 11.7. The summed E-state index contributed by atoms with van der Waals surface area (Å²) in [6.45, 7) is 10.4. The van der Waals surface area contributed by atoms with Gasteiger partial charge in [0.15, 0.2) is 0 Å². The summed E-state index contributed by atoms with van der Waals surface area (Å²) < 4.78 is 5.92. The molecule has 0 aromatic heterocycles. The van der Waals surface area contributed by atoms with Crippen LogP contribution in [0.5, 0.6) is 5.75 Å².